The van der Waals surface area contributed by atoms with Gasteiger partial charge in [0, 0.05) is 17.7 Å². The molecule has 0 unspecified atom stereocenters. The number of benzene rings is 2. The average Bonchev–Trinajstić information content (AvgIpc) is 3.14. The first kappa shape index (κ1) is 19.8. The Balaban J connectivity index is 1.70. The quantitative estimate of drug-likeness (QED) is 0.724. The second-order valence-corrected chi connectivity index (χ2v) is 8.35. The molecule has 0 fully saturated rings. The monoisotopic (exact) mass is 429 g/mol. The van der Waals surface area contributed by atoms with Gasteiger partial charge in [0.1, 0.15) is 5.75 Å². The third kappa shape index (κ3) is 3.97. The van der Waals surface area contributed by atoms with Crippen LogP contribution in [0.1, 0.15) is 13.8 Å². The molecule has 4 rings (SSSR count). The summed E-state index contributed by atoms with van der Waals surface area (Å²) < 4.78 is 6.01. The normalized spacial score (nSPS) is 20.5. The maximum Gasteiger partial charge on any atom is 0.276 e. The lowest BCUT2D eigenvalue weighted by Crippen LogP contribution is -2.52. The van der Waals surface area contributed by atoms with Gasteiger partial charge in [-0.3, -0.25) is 19.5 Å². The lowest BCUT2D eigenvalue weighted by Gasteiger charge is -2.35. The van der Waals surface area contributed by atoms with E-state index in [1.165, 1.54) is 18.7 Å². The number of hydrogen-bond acceptors (Lipinski definition) is 5. The van der Waals surface area contributed by atoms with Crippen molar-refractivity contribution in [1.82, 2.24) is 0 Å². The van der Waals surface area contributed by atoms with Crippen LogP contribution in [0.3, 0.4) is 0 Å². The predicted octanol–water partition coefficient (Wildman–Crippen LogP) is 3.98. The van der Waals surface area contributed by atoms with E-state index in [-0.39, 0.29) is 24.4 Å². The number of nitrogens with zero attached hydrogens (tertiary/aromatic N) is 3. The van der Waals surface area contributed by atoms with E-state index in [2.05, 4.69) is 4.99 Å². The minimum Gasteiger partial charge on any atom is -0.476 e. The first-order valence-corrected chi connectivity index (χ1v) is 10.6. The molecule has 2 atom stereocenters. The molecule has 150 valence electrons. The fourth-order valence-electron chi connectivity index (χ4n) is 3.31. The molecule has 29 heavy (non-hydrogen) atoms. The Labute approximate surface area is 178 Å². The number of aliphatic imine (C=N–C) groups is 1. The van der Waals surface area contributed by atoms with Gasteiger partial charge in [-0.15, -0.1) is 0 Å². The summed E-state index contributed by atoms with van der Waals surface area (Å²) in [7, 11) is 0. The Kier molecular flexibility index (Phi) is 5.52. The molecular weight excluding hydrogens is 410 g/mol. The lowest BCUT2D eigenvalue weighted by atomic mass is 10.1. The number of carbonyl (C=O) groups is 2. The number of ether oxygens (including phenoxy) is 1. The van der Waals surface area contributed by atoms with Gasteiger partial charge in [0.05, 0.1) is 24.0 Å². The van der Waals surface area contributed by atoms with Crippen LogP contribution >= 0.6 is 23.4 Å². The van der Waals surface area contributed by atoms with Crippen LogP contribution in [0.15, 0.2) is 53.5 Å². The summed E-state index contributed by atoms with van der Waals surface area (Å²) in [4.78, 5) is 33.6. The van der Waals surface area contributed by atoms with Crippen LogP contribution in [0.2, 0.25) is 5.02 Å². The SMILES string of the molecule is CC(=O)N1C[C@H](C(=O)N(C2=N[C@H](C)CS2)c2ccc(Cl)cc2)Oc2ccccc21. The zero-order valence-electron chi connectivity index (χ0n) is 16.0. The fourth-order valence-corrected chi connectivity index (χ4v) is 4.48. The Morgan fingerprint density at radius 3 is 2.59 bits per heavy atom. The van der Waals surface area contributed by atoms with E-state index in [0.29, 0.717) is 27.3 Å². The van der Waals surface area contributed by atoms with E-state index in [4.69, 9.17) is 16.3 Å². The molecule has 0 saturated heterocycles. The standard InChI is InChI=1S/C21H20ClN3O3S/c1-13-12-29-21(23-13)25(16-9-7-15(22)8-10-16)20(27)19-11-24(14(2)26)17-5-3-4-6-18(17)28-19/h3-10,13,19H,11-12H2,1-2H3/t13-,19-/m1/s1. The maximum absolute atomic E-state index is 13.6. The van der Waals surface area contributed by atoms with Crippen molar-refractivity contribution >= 4 is 51.7 Å². The molecule has 0 N–H and O–H groups in total. The zero-order valence-corrected chi connectivity index (χ0v) is 17.6. The van der Waals surface area contributed by atoms with Gasteiger partial charge in [0.2, 0.25) is 5.91 Å². The van der Waals surface area contributed by atoms with Gasteiger partial charge >= 0.3 is 0 Å². The third-order valence-electron chi connectivity index (χ3n) is 4.71. The number of carbonyl (C=O) groups excluding carboxylic acids is 2. The molecule has 2 amide bonds. The smallest absolute Gasteiger partial charge is 0.276 e. The van der Waals surface area contributed by atoms with Crippen molar-refractivity contribution in [3.05, 3.63) is 53.6 Å². The second-order valence-electron chi connectivity index (χ2n) is 6.93. The number of para-hydroxylation sites is 2. The van der Waals surface area contributed by atoms with E-state index >= 15 is 0 Å². The van der Waals surface area contributed by atoms with Crippen LogP contribution in [-0.2, 0) is 9.59 Å². The fraction of sp³-hybridized carbons (Fsp3) is 0.286. The highest BCUT2D eigenvalue weighted by molar-refractivity contribution is 8.14. The van der Waals surface area contributed by atoms with Crippen LogP contribution in [-0.4, -0.2) is 41.4 Å². The number of rotatable bonds is 2. The molecule has 2 aliphatic rings. The van der Waals surface area contributed by atoms with Crippen LogP contribution < -0.4 is 14.5 Å². The molecule has 2 aromatic carbocycles. The molecule has 8 heteroatoms. The summed E-state index contributed by atoms with van der Waals surface area (Å²) in [6, 6.07) is 14.4. The molecule has 0 radical (unpaired) electrons. The third-order valence-corrected chi connectivity index (χ3v) is 6.16. The van der Waals surface area contributed by atoms with E-state index in [0.717, 1.165) is 5.75 Å². The van der Waals surface area contributed by atoms with E-state index in [1.807, 2.05) is 25.1 Å². The summed E-state index contributed by atoms with van der Waals surface area (Å²) in [6.45, 7) is 3.64. The number of thioether (sulfide) groups is 1. The number of anilines is 2. The van der Waals surface area contributed by atoms with Crippen molar-refractivity contribution in [1.29, 1.82) is 0 Å². The van der Waals surface area contributed by atoms with Crippen molar-refractivity contribution in [2.75, 3.05) is 22.1 Å². The van der Waals surface area contributed by atoms with Gasteiger partial charge in [0.15, 0.2) is 11.3 Å². The molecule has 2 aliphatic heterocycles. The van der Waals surface area contributed by atoms with Crippen molar-refractivity contribution < 1.29 is 14.3 Å². The molecule has 0 bridgehead atoms. The average molecular weight is 430 g/mol. The predicted molar refractivity (Wildman–Crippen MR) is 117 cm³/mol. The summed E-state index contributed by atoms with van der Waals surface area (Å²) in [6.07, 6.45) is -0.844. The number of halogens is 1. The largest absolute Gasteiger partial charge is 0.476 e. The van der Waals surface area contributed by atoms with Gasteiger partial charge in [-0.2, -0.15) is 0 Å². The molecule has 0 aliphatic carbocycles. The lowest BCUT2D eigenvalue weighted by molar-refractivity contribution is -0.124. The van der Waals surface area contributed by atoms with Crippen LogP contribution in [0.25, 0.3) is 0 Å². The van der Waals surface area contributed by atoms with Crippen molar-refractivity contribution in [3.63, 3.8) is 0 Å². The van der Waals surface area contributed by atoms with Gasteiger partial charge < -0.3 is 9.64 Å². The van der Waals surface area contributed by atoms with Crippen LogP contribution in [0.5, 0.6) is 5.75 Å². The molecule has 6 nitrogen and oxygen atoms in total. The van der Waals surface area contributed by atoms with Crippen molar-refractivity contribution in [3.8, 4) is 5.75 Å². The summed E-state index contributed by atoms with van der Waals surface area (Å²) in [5, 5.41) is 1.21. The van der Waals surface area contributed by atoms with E-state index in [1.54, 1.807) is 40.1 Å². The Morgan fingerprint density at radius 1 is 1.21 bits per heavy atom. The Hall–Kier alpha value is -2.51. The van der Waals surface area contributed by atoms with Gasteiger partial charge in [-0.1, -0.05) is 35.5 Å². The summed E-state index contributed by atoms with van der Waals surface area (Å²) in [5.74, 6) is 0.907. The molecule has 2 aromatic rings. The topological polar surface area (TPSA) is 62.2 Å². The molecule has 0 saturated carbocycles. The number of hydrogen-bond donors (Lipinski definition) is 0. The first-order chi connectivity index (χ1) is 13.9. The number of fused-ring (bicyclic) bond motifs is 1. The van der Waals surface area contributed by atoms with Crippen molar-refractivity contribution in [2.24, 2.45) is 4.99 Å². The zero-order chi connectivity index (χ0) is 20.5. The van der Waals surface area contributed by atoms with Crippen molar-refractivity contribution in [2.45, 2.75) is 26.0 Å². The summed E-state index contributed by atoms with van der Waals surface area (Å²) in [5.41, 5.74) is 1.33. The van der Waals surface area contributed by atoms with Gasteiger partial charge in [-0.25, -0.2) is 0 Å². The maximum atomic E-state index is 13.6. The Morgan fingerprint density at radius 2 is 1.93 bits per heavy atom. The highest BCUT2D eigenvalue weighted by atomic mass is 35.5. The minimum absolute atomic E-state index is 0.124. The molecular formula is C21H20ClN3O3S. The molecule has 2 heterocycles. The highest BCUT2D eigenvalue weighted by Gasteiger charge is 2.38. The van der Waals surface area contributed by atoms with E-state index in [9.17, 15) is 9.59 Å². The van der Waals surface area contributed by atoms with Gasteiger partial charge in [0.25, 0.3) is 5.91 Å². The highest BCUT2D eigenvalue weighted by Crippen LogP contribution is 2.35. The first-order valence-electron chi connectivity index (χ1n) is 9.28. The summed E-state index contributed by atoms with van der Waals surface area (Å²) >= 11 is 7.56. The molecule has 0 aromatic heterocycles. The minimum atomic E-state index is -0.844. The molecule has 0 spiro atoms. The van der Waals surface area contributed by atoms with Crippen LogP contribution in [0.4, 0.5) is 11.4 Å². The second kappa shape index (κ2) is 8.08. The number of amidine groups is 1. The van der Waals surface area contributed by atoms with Crippen LogP contribution in [0, 0.1) is 0 Å². The van der Waals surface area contributed by atoms with E-state index < -0.39 is 6.10 Å². The number of amides is 2. The Bertz CT molecular complexity index is 979. The van der Waals surface area contributed by atoms with Gasteiger partial charge in [-0.05, 0) is 43.3 Å².